The molecule has 0 radical (unpaired) electrons. The normalized spacial score (nSPS) is 20.6. The molecule has 1 unspecified atom stereocenters. The molecule has 1 aliphatic rings. The van der Waals surface area contributed by atoms with E-state index in [-0.39, 0.29) is 6.10 Å². The highest BCUT2D eigenvalue weighted by Crippen LogP contribution is 2.28. The van der Waals surface area contributed by atoms with Crippen LogP contribution in [0.1, 0.15) is 17.4 Å². The van der Waals surface area contributed by atoms with Gasteiger partial charge in [-0.05, 0) is 24.6 Å². The summed E-state index contributed by atoms with van der Waals surface area (Å²) in [6.45, 7) is 4.01. The van der Waals surface area contributed by atoms with Crippen molar-refractivity contribution in [2.24, 2.45) is 0 Å². The molecule has 0 spiro atoms. The van der Waals surface area contributed by atoms with Crippen LogP contribution < -0.4 is 0 Å². The molecular weight excluding hydrogens is 214 g/mol. The van der Waals surface area contributed by atoms with Gasteiger partial charge in [-0.3, -0.25) is 4.98 Å². The number of nitrogens with zero attached hydrogens (tertiary/aromatic N) is 1. The first kappa shape index (κ1) is 10.7. The van der Waals surface area contributed by atoms with Crippen molar-refractivity contribution in [3.63, 3.8) is 0 Å². The molecule has 3 rings (SSSR count). The third kappa shape index (κ3) is 2.04. The molecule has 1 aliphatic heterocycles. The Hall–Kier alpha value is -1.45. The molecule has 1 fully saturated rings. The number of pyridine rings is 1. The fourth-order valence-electron chi connectivity index (χ4n) is 2.27. The predicted molar refractivity (Wildman–Crippen MR) is 66.0 cm³/mol. The molecule has 1 atom stereocenters. The Balaban J connectivity index is 2.13. The number of rotatable bonds is 1. The summed E-state index contributed by atoms with van der Waals surface area (Å²) in [6.07, 6.45) is 0.0374. The molecule has 0 N–H and O–H groups in total. The van der Waals surface area contributed by atoms with Crippen molar-refractivity contribution >= 4 is 10.9 Å². The number of aryl methyl sites for hydroxylation is 1. The lowest BCUT2D eigenvalue weighted by Gasteiger charge is -2.24. The van der Waals surface area contributed by atoms with Crippen LogP contribution in [0.2, 0.25) is 0 Å². The zero-order valence-corrected chi connectivity index (χ0v) is 9.85. The third-order valence-electron chi connectivity index (χ3n) is 3.04. The van der Waals surface area contributed by atoms with E-state index in [1.165, 1.54) is 5.56 Å². The van der Waals surface area contributed by atoms with Crippen molar-refractivity contribution in [1.82, 2.24) is 4.98 Å². The number of aromatic nitrogens is 1. The monoisotopic (exact) mass is 229 g/mol. The molecule has 2 aromatic rings. The lowest BCUT2D eigenvalue weighted by molar-refractivity contribution is -0.0896. The number of para-hydroxylation sites is 1. The predicted octanol–water partition coefficient (Wildman–Crippen LogP) is 2.63. The van der Waals surface area contributed by atoms with Crippen LogP contribution in [-0.4, -0.2) is 24.8 Å². The minimum Gasteiger partial charge on any atom is -0.376 e. The van der Waals surface area contributed by atoms with E-state index in [4.69, 9.17) is 9.47 Å². The van der Waals surface area contributed by atoms with Crippen LogP contribution in [0.4, 0.5) is 0 Å². The standard InChI is InChI=1S/C14H15NO2/c1-10-8-12(14-9-16-6-7-17-14)11-4-2-3-5-13(11)15-10/h2-5,8,14H,6-7,9H2,1H3. The van der Waals surface area contributed by atoms with Gasteiger partial charge in [-0.1, -0.05) is 18.2 Å². The van der Waals surface area contributed by atoms with Gasteiger partial charge in [0.05, 0.1) is 25.3 Å². The van der Waals surface area contributed by atoms with Gasteiger partial charge in [0.1, 0.15) is 6.10 Å². The number of hydrogen-bond acceptors (Lipinski definition) is 3. The van der Waals surface area contributed by atoms with Gasteiger partial charge in [-0.2, -0.15) is 0 Å². The molecule has 17 heavy (non-hydrogen) atoms. The zero-order chi connectivity index (χ0) is 11.7. The summed E-state index contributed by atoms with van der Waals surface area (Å²) >= 11 is 0. The molecule has 0 saturated carbocycles. The molecule has 3 heteroatoms. The number of hydrogen-bond donors (Lipinski definition) is 0. The maximum absolute atomic E-state index is 5.77. The van der Waals surface area contributed by atoms with Gasteiger partial charge in [-0.25, -0.2) is 0 Å². The van der Waals surface area contributed by atoms with Crippen molar-refractivity contribution in [3.8, 4) is 0 Å². The quantitative estimate of drug-likeness (QED) is 0.753. The Labute approximate surface area is 100 Å². The highest BCUT2D eigenvalue weighted by molar-refractivity contribution is 5.82. The first-order valence-corrected chi connectivity index (χ1v) is 5.90. The first-order valence-electron chi connectivity index (χ1n) is 5.90. The zero-order valence-electron chi connectivity index (χ0n) is 9.85. The lowest BCUT2D eigenvalue weighted by Crippen LogP contribution is -2.22. The molecule has 2 heterocycles. The fourth-order valence-corrected chi connectivity index (χ4v) is 2.27. The van der Waals surface area contributed by atoms with Gasteiger partial charge in [0.25, 0.3) is 0 Å². The van der Waals surface area contributed by atoms with Gasteiger partial charge in [0, 0.05) is 11.1 Å². The smallest absolute Gasteiger partial charge is 0.107 e. The Morgan fingerprint density at radius 1 is 1.24 bits per heavy atom. The van der Waals surface area contributed by atoms with Crippen LogP contribution >= 0.6 is 0 Å². The fraction of sp³-hybridized carbons (Fsp3) is 0.357. The van der Waals surface area contributed by atoms with Crippen LogP contribution in [0.3, 0.4) is 0 Å². The van der Waals surface area contributed by atoms with E-state index < -0.39 is 0 Å². The van der Waals surface area contributed by atoms with Gasteiger partial charge in [-0.15, -0.1) is 0 Å². The lowest BCUT2D eigenvalue weighted by atomic mass is 10.0. The van der Waals surface area contributed by atoms with Crippen LogP contribution in [0.15, 0.2) is 30.3 Å². The third-order valence-corrected chi connectivity index (χ3v) is 3.04. The molecule has 1 saturated heterocycles. The molecule has 1 aromatic heterocycles. The summed E-state index contributed by atoms with van der Waals surface area (Å²) in [6, 6.07) is 10.3. The first-order chi connectivity index (χ1) is 8.34. The minimum absolute atomic E-state index is 0.0374. The summed E-state index contributed by atoms with van der Waals surface area (Å²) < 4.78 is 11.3. The Bertz CT molecular complexity index is 533. The summed E-state index contributed by atoms with van der Waals surface area (Å²) in [5.74, 6) is 0. The highest BCUT2D eigenvalue weighted by Gasteiger charge is 2.19. The van der Waals surface area contributed by atoms with Gasteiger partial charge < -0.3 is 9.47 Å². The maximum Gasteiger partial charge on any atom is 0.107 e. The topological polar surface area (TPSA) is 31.4 Å². The minimum atomic E-state index is 0.0374. The molecule has 0 aliphatic carbocycles. The maximum atomic E-state index is 5.77. The van der Waals surface area contributed by atoms with Crippen molar-refractivity contribution in [2.75, 3.05) is 19.8 Å². The molecule has 3 nitrogen and oxygen atoms in total. The number of benzene rings is 1. The van der Waals surface area contributed by atoms with Crippen LogP contribution in [0, 0.1) is 6.92 Å². The second-order valence-electron chi connectivity index (χ2n) is 4.30. The van der Waals surface area contributed by atoms with Crippen LogP contribution in [0.5, 0.6) is 0 Å². The van der Waals surface area contributed by atoms with Crippen molar-refractivity contribution < 1.29 is 9.47 Å². The van der Waals surface area contributed by atoms with Crippen molar-refractivity contribution in [3.05, 3.63) is 41.6 Å². The Kier molecular flexibility index (Phi) is 2.79. The molecule has 88 valence electrons. The Morgan fingerprint density at radius 3 is 2.94 bits per heavy atom. The average molecular weight is 229 g/mol. The summed E-state index contributed by atoms with van der Waals surface area (Å²) in [5, 5.41) is 1.16. The summed E-state index contributed by atoms with van der Waals surface area (Å²) in [7, 11) is 0. The molecule has 1 aromatic carbocycles. The number of ether oxygens (including phenoxy) is 2. The van der Waals surface area contributed by atoms with Crippen LogP contribution in [-0.2, 0) is 9.47 Å². The molecular formula is C14H15NO2. The van der Waals surface area contributed by atoms with E-state index in [1.807, 2.05) is 25.1 Å². The van der Waals surface area contributed by atoms with E-state index in [2.05, 4.69) is 17.1 Å². The van der Waals surface area contributed by atoms with Gasteiger partial charge in [0.2, 0.25) is 0 Å². The average Bonchev–Trinajstić information content (AvgIpc) is 2.39. The SMILES string of the molecule is Cc1cc(C2COCCO2)c2ccccc2n1. The van der Waals surface area contributed by atoms with E-state index in [0.29, 0.717) is 19.8 Å². The molecule has 0 bridgehead atoms. The van der Waals surface area contributed by atoms with E-state index in [9.17, 15) is 0 Å². The summed E-state index contributed by atoms with van der Waals surface area (Å²) in [4.78, 5) is 4.53. The van der Waals surface area contributed by atoms with Crippen molar-refractivity contribution in [1.29, 1.82) is 0 Å². The summed E-state index contributed by atoms with van der Waals surface area (Å²) in [5.41, 5.74) is 3.23. The van der Waals surface area contributed by atoms with E-state index in [1.54, 1.807) is 0 Å². The van der Waals surface area contributed by atoms with E-state index in [0.717, 1.165) is 16.6 Å². The largest absolute Gasteiger partial charge is 0.376 e. The Morgan fingerprint density at radius 2 is 2.12 bits per heavy atom. The van der Waals surface area contributed by atoms with Crippen molar-refractivity contribution in [2.45, 2.75) is 13.0 Å². The number of fused-ring (bicyclic) bond motifs is 1. The van der Waals surface area contributed by atoms with Crippen LogP contribution in [0.25, 0.3) is 10.9 Å². The second kappa shape index (κ2) is 4.43. The van der Waals surface area contributed by atoms with Gasteiger partial charge in [0.15, 0.2) is 0 Å². The molecule has 0 amide bonds. The van der Waals surface area contributed by atoms with Gasteiger partial charge >= 0.3 is 0 Å². The second-order valence-corrected chi connectivity index (χ2v) is 4.30. The van der Waals surface area contributed by atoms with E-state index >= 15 is 0 Å². The highest BCUT2D eigenvalue weighted by atomic mass is 16.6.